The van der Waals surface area contributed by atoms with E-state index in [1.165, 1.54) is 31.4 Å². The number of unbranched alkanes of at least 4 members (excludes halogenated alkanes) is 2. The lowest BCUT2D eigenvalue weighted by atomic mass is 10.2. The highest BCUT2D eigenvalue weighted by molar-refractivity contribution is 9.10. The molecule has 0 amide bonds. The Morgan fingerprint density at radius 1 is 1.39 bits per heavy atom. The molecule has 0 spiro atoms. The van der Waals surface area contributed by atoms with Gasteiger partial charge < -0.3 is 10.1 Å². The van der Waals surface area contributed by atoms with Crippen molar-refractivity contribution in [2.45, 2.75) is 39.2 Å². The molecule has 0 bridgehead atoms. The Morgan fingerprint density at radius 3 is 2.89 bits per heavy atom. The highest BCUT2D eigenvalue weighted by atomic mass is 79.9. The summed E-state index contributed by atoms with van der Waals surface area (Å²) in [5.74, 6) is 0.272. The van der Waals surface area contributed by atoms with Crippen molar-refractivity contribution in [2.24, 2.45) is 0 Å². The summed E-state index contributed by atoms with van der Waals surface area (Å²) < 4.78 is 19.5. The highest BCUT2D eigenvalue weighted by Gasteiger charge is 2.07. The lowest BCUT2D eigenvalue weighted by Crippen LogP contribution is -2.29. The molecule has 18 heavy (non-hydrogen) atoms. The van der Waals surface area contributed by atoms with Gasteiger partial charge in [-0.25, -0.2) is 4.39 Å². The van der Waals surface area contributed by atoms with Gasteiger partial charge in [0.25, 0.3) is 0 Å². The molecule has 1 aromatic rings. The van der Waals surface area contributed by atoms with Crippen LogP contribution in [-0.4, -0.2) is 19.2 Å². The molecule has 102 valence electrons. The van der Waals surface area contributed by atoms with Gasteiger partial charge in [-0.3, -0.25) is 0 Å². The quantitative estimate of drug-likeness (QED) is 0.728. The maximum Gasteiger partial charge on any atom is 0.136 e. The van der Waals surface area contributed by atoms with Crippen LogP contribution in [0, 0.1) is 5.82 Å². The molecule has 0 aliphatic rings. The van der Waals surface area contributed by atoms with Gasteiger partial charge in [0.05, 0.1) is 4.47 Å². The molecule has 0 fully saturated rings. The van der Waals surface area contributed by atoms with Gasteiger partial charge in [0, 0.05) is 12.6 Å². The number of rotatable bonds is 8. The average molecular weight is 318 g/mol. The van der Waals surface area contributed by atoms with Gasteiger partial charge in [0.2, 0.25) is 0 Å². The van der Waals surface area contributed by atoms with Crippen molar-refractivity contribution >= 4 is 15.9 Å². The molecular formula is C14H21BrFNO. The standard InChI is InChI=1S/C14H21BrFNO/c1-3-4-5-8-17-10-11(2)18-14-9-12(16)6-7-13(14)15/h6-7,9,11,17H,3-5,8,10H2,1-2H3. The number of ether oxygens (including phenoxy) is 1. The minimum Gasteiger partial charge on any atom is -0.488 e. The van der Waals surface area contributed by atoms with Gasteiger partial charge in [-0.15, -0.1) is 0 Å². The Balaban J connectivity index is 2.30. The number of halogens is 2. The Morgan fingerprint density at radius 2 is 2.17 bits per heavy atom. The predicted octanol–water partition coefficient (Wildman–Crippen LogP) is 4.14. The smallest absolute Gasteiger partial charge is 0.136 e. The third kappa shape index (κ3) is 5.83. The van der Waals surface area contributed by atoms with E-state index < -0.39 is 0 Å². The van der Waals surface area contributed by atoms with Crippen LogP contribution in [0.1, 0.15) is 33.1 Å². The van der Waals surface area contributed by atoms with Crippen LogP contribution in [-0.2, 0) is 0 Å². The van der Waals surface area contributed by atoms with E-state index in [1.807, 2.05) is 6.92 Å². The first-order chi connectivity index (χ1) is 8.63. The Bertz CT molecular complexity index is 360. The van der Waals surface area contributed by atoms with Crippen LogP contribution in [0.4, 0.5) is 4.39 Å². The summed E-state index contributed by atoms with van der Waals surface area (Å²) in [6.45, 7) is 5.94. The topological polar surface area (TPSA) is 21.3 Å². The van der Waals surface area contributed by atoms with Crippen molar-refractivity contribution in [3.8, 4) is 5.75 Å². The van der Waals surface area contributed by atoms with Crippen molar-refractivity contribution < 1.29 is 9.13 Å². The molecule has 4 heteroatoms. The lowest BCUT2D eigenvalue weighted by molar-refractivity contribution is 0.215. The second-order valence-electron chi connectivity index (χ2n) is 4.41. The van der Waals surface area contributed by atoms with Gasteiger partial charge in [0.1, 0.15) is 17.7 Å². The van der Waals surface area contributed by atoms with Crippen molar-refractivity contribution in [1.82, 2.24) is 5.32 Å². The molecule has 0 heterocycles. The predicted molar refractivity (Wildman–Crippen MR) is 76.6 cm³/mol. The van der Waals surface area contributed by atoms with Crippen molar-refractivity contribution in [2.75, 3.05) is 13.1 Å². The van der Waals surface area contributed by atoms with Gasteiger partial charge in [-0.1, -0.05) is 19.8 Å². The highest BCUT2D eigenvalue weighted by Crippen LogP contribution is 2.26. The number of hydrogen-bond donors (Lipinski definition) is 1. The Labute approximate surface area is 117 Å². The molecule has 0 aliphatic heterocycles. The fourth-order valence-corrected chi connectivity index (χ4v) is 1.97. The summed E-state index contributed by atoms with van der Waals surface area (Å²) in [6, 6.07) is 4.47. The first kappa shape index (κ1) is 15.4. The van der Waals surface area contributed by atoms with Gasteiger partial charge in [-0.05, 0) is 48.0 Å². The molecule has 1 N–H and O–H groups in total. The van der Waals surface area contributed by atoms with E-state index in [1.54, 1.807) is 6.07 Å². The summed E-state index contributed by atoms with van der Waals surface area (Å²) >= 11 is 3.35. The Hall–Kier alpha value is -0.610. The fourth-order valence-electron chi connectivity index (χ4n) is 1.63. The first-order valence-electron chi connectivity index (χ1n) is 6.46. The molecule has 0 radical (unpaired) electrons. The molecule has 0 aromatic heterocycles. The molecule has 1 atom stereocenters. The SMILES string of the molecule is CCCCCNCC(C)Oc1cc(F)ccc1Br. The van der Waals surface area contributed by atoms with Gasteiger partial charge in [-0.2, -0.15) is 0 Å². The van der Waals surface area contributed by atoms with E-state index in [9.17, 15) is 4.39 Å². The number of benzene rings is 1. The zero-order valence-electron chi connectivity index (χ0n) is 11.0. The monoisotopic (exact) mass is 317 g/mol. The van der Waals surface area contributed by atoms with E-state index in [2.05, 4.69) is 28.2 Å². The zero-order valence-corrected chi connectivity index (χ0v) is 12.6. The van der Waals surface area contributed by atoms with E-state index in [0.717, 1.165) is 17.6 Å². The van der Waals surface area contributed by atoms with E-state index >= 15 is 0 Å². The van der Waals surface area contributed by atoms with Crippen molar-refractivity contribution in [1.29, 1.82) is 0 Å². The molecule has 0 aliphatic carbocycles. The molecule has 2 nitrogen and oxygen atoms in total. The number of nitrogens with one attached hydrogen (secondary N) is 1. The van der Waals surface area contributed by atoms with Crippen LogP contribution < -0.4 is 10.1 Å². The van der Waals surface area contributed by atoms with Crippen LogP contribution in [0.5, 0.6) is 5.75 Å². The van der Waals surface area contributed by atoms with Crippen molar-refractivity contribution in [3.05, 3.63) is 28.5 Å². The second kappa shape index (κ2) is 8.48. The molecule has 1 aromatic carbocycles. The van der Waals surface area contributed by atoms with Crippen LogP contribution in [0.25, 0.3) is 0 Å². The number of hydrogen-bond acceptors (Lipinski definition) is 2. The first-order valence-corrected chi connectivity index (χ1v) is 7.25. The zero-order chi connectivity index (χ0) is 13.4. The van der Waals surface area contributed by atoms with E-state index in [0.29, 0.717) is 5.75 Å². The Kier molecular flexibility index (Phi) is 7.28. The molecule has 0 saturated heterocycles. The minimum atomic E-state index is -0.281. The second-order valence-corrected chi connectivity index (χ2v) is 5.27. The summed E-state index contributed by atoms with van der Waals surface area (Å²) in [5.41, 5.74) is 0. The largest absolute Gasteiger partial charge is 0.488 e. The molecule has 0 saturated carbocycles. The summed E-state index contributed by atoms with van der Waals surface area (Å²) in [6.07, 6.45) is 3.68. The van der Waals surface area contributed by atoms with E-state index in [4.69, 9.17) is 4.74 Å². The maximum absolute atomic E-state index is 13.1. The van der Waals surface area contributed by atoms with Crippen LogP contribution in [0.3, 0.4) is 0 Å². The van der Waals surface area contributed by atoms with E-state index in [-0.39, 0.29) is 11.9 Å². The molecule has 1 rings (SSSR count). The third-order valence-corrected chi connectivity index (χ3v) is 3.27. The lowest BCUT2D eigenvalue weighted by Gasteiger charge is -2.16. The van der Waals surface area contributed by atoms with Crippen LogP contribution in [0.15, 0.2) is 22.7 Å². The molecular weight excluding hydrogens is 297 g/mol. The van der Waals surface area contributed by atoms with Crippen molar-refractivity contribution in [3.63, 3.8) is 0 Å². The van der Waals surface area contributed by atoms with Crippen LogP contribution >= 0.6 is 15.9 Å². The average Bonchev–Trinajstić information content (AvgIpc) is 2.33. The van der Waals surface area contributed by atoms with Gasteiger partial charge >= 0.3 is 0 Å². The third-order valence-electron chi connectivity index (χ3n) is 2.61. The minimum absolute atomic E-state index is 0.0183. The summed E-state index contributed by atoms with van der Waals surface area (Å²) in [5, 5.41) is 3.34. The van der Waals surface area contributed by atoms with Gasteiger partial charge in [0.15, 0.2) is 0 Å². The maximum atomic E-state index is 13.1. The van der Waals surface area contributed by atoms with Crippen LogP contribution in [0.2, 0.25) is 0 Å². The molecule has 1 unspecified atom stereocenters. The summed E-state index contributed by atoms with van der Waals surface area (Å²) in [4.78, 5) is 0. The normalized spacial score (nSPS) is 12.4. The summed E-state index contributed by atoms with van der Waals surface area (Å²) in [7, 11) is 0. The fraction of sp³-hybridized carbons (Fsp3) is 0.571.